The maximum absolute atomic E-state index is 11.6. The molecule has 1 aliphatic heterocycles. The van der Waals surface area contributed by atoms with Crippen molar-refractivity contribution in [2.75, 3.05) is 19.8 Å². The third-order valence-corrected chi connectivity index (χ3v) is 2.43. The highest BCUT2D eigenvalue weighted by Gasteiger charge is 2.29. The van der Waals surface area contributed by atoms with Gasteiger partial charge >= 0.3 is 0 Å². The Kier molecular flexibility index (Phi) is 4.23. The summed E-state index contributed by atoms with van der Waals surface area (Å²) in [5.41, 5.74) is 0. The zero-order valence-corrected chi connectivity index (χ0v) is 9.10. The molecule has 2 unspecified atom stereocenters. The SMILES string of the molecule is CC(=O)CC(=O)N1CC(CO)OCC1C. The Labute approximate surface area is 89.0 Å². The molecule has 0 spiro atoms. The minimum Gasteiger partial charge on any atom is -0.394 e. The molecule has 2 atom stereocenters. The predicted octanol–water partition coefficient (Wildman–Crippen LogP) is -0.426. The molecule has 5 heteroatoms. The van der Waals surface area contributed by atoms with Crippen LogP contribution in [0.4, 0.5) is 0 Å². The molecule has 1 amide bonds. The highest BCUT2D eigenvalue weighted by Crippen LogP contribution is 2.12. The maximum atomic E-state index is 11.6. The second kappa shape index (κ2) is 5.23. The highest BCUT2D eigenvalue weighted by atomic mass is 16.5. The average molecular weight is 215 g/mol. The number of aliphatic hydroxyl groups excluding tert-OH is 1. The summed E-state index contributed by atoms with van der Waals surface area (Å²) in [5, 5.41) is 8.93. The summed E-state index contributed by atoms with van der Waals surface area (Å²) in [6.45, 7) is 3.94. The van der Waals surface area contributed by atoms with Gasteiger partial charge in [-0.05, 0) is 13.8 Å². The van der Waals surface area contributed by atoms with Gasteiger partial charge in [0.15, 0.2) is 0 Å². The summed E-state index contributed by atoms with van der Waals surface area (Å²) >= 11 is 0. The van der Waals surface area contributed by atoms with Crippen LogP contribution < -0.4 is 0 Å². The minimum absolute atomic E-state index is 0.0281. The summed E-state index contributed by atoms with van der Waals surface area (Å²) in [6.07, 6.45) is -0.389. The Morgan fingerprint density at radius 2 is 2.20 bits per heavy atom. The van der Waals surface area contributed by atoms with Gasteiger partial charge in [-0.1, -0.05) is 0 Å². The second-order valence-corrected chi connectivity index (χ2v) is 3.91. The van der Waals surface area contributed by atoms with E-state index in [0.717, 1.165) is 0 Å². The number of carbonyl (C=O) groups excluding carboxylic acids is 2. The molecule has 1 saturated heterocycles. The van der Waals surface area contributed by atoms with Gasteiger partial charge in [0.25, 0.3) is 0 Å². The van der Waals surface area contributed by atoms with Crippen LogP contribution in [-0.4, -0.2) is 53.6 Å². The number of hydrogen-bond acceptors (Lipinski definition) is 4. The summed E-state index contributed by atoms with van der Waals surface area (Å²) in [6, 6.07) is -0.0281. The molecule has 0 aromatic rings. The van der Waals surface area contributed by atoms with Gasteiger partial charge in [0.2, 0.25) is 5.91 Å². The van der Waals surface area contributed by atoms with Crippen molar-refractivity contribution in [2.45, 2.75) is 32.4 Å². The van der Waals surface area contributed by atoms with Gasteiger partial charge in [-0.25, -0.2) is 0 Å². The number of aliphatic hydroxyl groups is 1. The van der Waals surface area contributed by atoms with Crippen molar-refractivity contribution in [1.29, 1.82) is 0 Å². The fourth-order valence-corrected chi connectivity index (χ4v) is 1.59. The van der Waals surface area contributed by atoms with Crippen LogP contribution in [-0.2, 0) is 14.3 Å². The Balaban J connectivity index is 2.57. The molecule has 15 heavy (non-hydrogen) atoms. The molecule has 1 heterocycles. The van der Waals surface area contributed by atoms with Crippen LogP contribution in [0.3, 0.4) is 0 Å². The normalized spacial score (nSPS) is 26.5. The van der Waals surface area contributed by atoms with Gasteiger partial charge in [-0.15, -0.1) is 0 Å². The lowest BCUT2D eigenvalue weighted by atomic mass is 10.1. The van der Waals surface area contributed by atoms with E-state index in [2.05, 4.69) is 0 Å². The van der Waals surface area contributed by atoms with Crippen molar-refractivity contribution in [1.82, 2.24) is 4.90 Å². The van der Waals surface area contributed by atoms with E-state index in [1.165, 1.54) is 6.92 Å². The summed E-state index contributed by atoms with van der Waals surface area (Å²) in [7, 11) is 0. The first-order chi connectivity index (χ1) is 7.04. The molecular weight excluding hydrogens is 198 g/mol. The first-order valence-electron chi connectivity index (χ1n) is 5.06. The lowest BCUT2D eigenvalue weighted by Gasteiger charge is -2.37. The molecule has 0 aliphatic carbocycles. The Hall–Kier alpha value is -0.940. The van der Waals surface area contributed by atoms with Crippen molar-refractivity contribution in [3.8, 4) is 0 Å². The monoisotopic (exact) mass is 215 g/mol. The number of hydrogen-bond donors (Lipinski definition) is 1. The van der Waals surface area contributed by atoms with Crippen LogP contribution in [0.2, 0.25) is 0 Å². The number of ether oxygens (including phenoxy) is 1. The van der Waals surface area contributed by atoms with Crippen LogP contribution in [0.5, 0.6) is 0 Å². The minimum atomic E-state index is -0.322. The van der Waals surface area contributed by atoms with Crippen LogP contribution in [0, 0.1) is 0 Å². The Morgan fingerprint density at radius 3 is 2.73 bits per heavy atom. The lowest BCUT2D eigenvalue weighted by Crippen LogP contribution is -2.52. The standard InChI is InChI=1S/C10H17NO4/c1-7-6-15-9(5-12)4-11(7)10(14)3-8(2)13/h7,9,12H,3-6H2,1-2H3. The van der Waals surface area contributed by atoms with Crippen molar-refractivity contribution < 1.29 is 19.4 Å². The number of nitrogens with zero attached hydrogens (tertiary/aromatic N) is 1. The number of ketones is 1. The van der Waals surface area contributed by atoms with E-state index in [0.29, 0.717) is 13.2 Å². The highest BCUT2D eigenvalue weighted by molar-refractivity contribution is 5.96. The molecule has 0 aromatic carbocycles. The third-order valence-electron chi connectivity index (χ3n) is 2.43. The first-order valence-corrected chi connectivity index (χ1v) is 5.06. The largest absolute Gasteiger partial charge is 0.394 e. The summed E-state index contributed by atoms with van der Waals surface area (Å²) in [5.74, 6) is -0.323. The van der Waals surface area contributed by atoms with Crippen molar-refractivity contribution in [3.05, 3.63) is 0 Å². The molecule has 0 radical (unpaired) electrons. The van der Waals surface area contributed by atoms with Gasteiger partial charge in [-0.2, -0.15) is 0 Å². The third kappa shape index (κ3) is 3.28. The van der Waals surface area contributed by atoms with Gasteiger partial charge in [0.05, 0.1) is 31.8 Å². The fraction of sp³-hybridized carbons (Fsp3) is 0.800. The smallest absolute Gasteiger partial charge is 0.230 e. The average Bonchev–Trinajstić information content (AvgIpc) is 2.17. The predicted molar refractivity (Wildman–Crippen MR) is 53.3 cm³/mol. The number of carbonyl (C=O) groups is 2. The Bertz CT molecular complexity index is 254. The van der Waals surface area contributed by atoms with E-state index < -0.39 is 0 Å². The van der Waals surface area contributed by atoms with Crippen molar-refractivity contribution in [3.63, 3.8) is 0 Å². The topological polar surface area (TPSA) is 66.8 Å². The number of morpholine rings is 1. The zero-order chi connectivity index (χ0) is 11.4. The molecule has 0 bridgehead atoms. The van der Waals surface area contributed by atoms with Crippen LogP contribution >= 0.6 is 0 Å². The van der Waals surface area contributed by atoms with Gasteiger partial charge in [0.1, 0.15) is 5.78 Å². The van der Waals surface area contributed by atoms with Gasteiger partial charge < -0.3 is 14.7 Å². The van der Waals surface area contributed by atoms with Crippen molar-refractivity contribution in [2.24, 2.45) is 0 Å². The Morgan fingerprint density at radius 1 is 1.53 bits per heavy atom. The van der Waals surface area contributed by atoms with E-state index >= 15 is 0 Å². The number of rotatable bonds is 3. The lowest BCUT2D eigenvalue weighted by molar-refractivity contribution is -0.147. The van der Waals surface area contributed by atoms with Crippen LogP contribution in [0.1, 0.15) is 20.3 Å². The van der Waals surface area contributed by atoms with Gasteiger partial charge in [-0.3, -0.25) is 9.59 Å². The molecule has 0 aromatic heterocycles. The number of Topliss-reactive ketones (excluding diaryl/α,β-unsaturated/α-hetero) is 1. The van der Waals surface area contributed by atoms with E-state index in [-0.39, 0.29) is 36.9 Å². The van der Waals surface area contributed by atoms with Crippen LogP contribution in [0.15, 0.2) is 0 Å². The molecule has 1 N–H and O–H groups in total. The molecule has 1 fully saturated rings. The van der Waals surface area contributed by atoms with E-state index in [1.54, 1.807) is 4.90 Å². The van der Waals surface area contributed by atoms with Crippen LogP contribution in [0.25, 0.3) is 0 Å². The van der Waals surface area contributed by atoms with E-state index in [4.69, 9.17) is 9.84 Å². The van der Waals surface area contributed by atoms with Gasteiger partial charge in [0, 0.05) is 6.54 Å². The molecule has 5 nitrogen and oxygen atoms in total. The second-order valence-electron chi connectivity index (χ2n) is 3.91. The van der Waals surface area contributed by atoms with Crippen molar-refractivity contribution >= 4 is 11.7 Å². The number of amides is 1. The molecule has 0 saturated carbocycles. The maximum Gasteiger partial charge on any atom is 0.230 e. The molecular formula is C10H17NO4. The van der Waals surface area contributed by atoms with E-state index in [9.17, 15) is 9.59 Å². The van der Waals surface area contributed by atoms with E-state index in [1.807, 2.05) is 6.92 Å². The fourth-order valence-electron chi connectivity index (χ4n) is 1.59. The first kappa shape index (κ1) is 12.1. The quantitative estimate of drug-likeness (QED) is 0.649. The zero-order valence-electron chi connectivity index (χ0n) is 9.10. The molecule has 1 rings (SSSR count). The summed E-state index contributed by atoms with van der Waals surface area (Å²) in [4.78, 5) is 24.1. The molecule has 1 aliphatic rings. The summed E-state index contributed by atoms with van der Waals surface area (Å²) < 4.78 is 5.30. The molecule has 86 valence electrons.